The summed E-state index contributed by atoms with van der Waals surface area (Å²) in [6.07, 6.45) is 6.02. The van der Waals surface area contributed by atoms with Crippen molar-refractivity contribution in [3.05, 3.63) is 0 Å². The van der Waals surface area contributed by atoms with Gasteiger partial charge in [0.25, 0.3) is 0 Å². The van der Waals surface area contributed by atoms with Gasteiger partial charge in [0.05, 0.1) is 19.3 Å². The van der Waals surface area contributed by atoms with E-state index in [1.807, 2.05) is 13.8 Å². The molecule has 0 aliphatic rings. The van der Waals surface area contributed by atoms with E-state index in [0.717, 1.165) is 13.0 Å². The van der Waals surface area contributed by atoms with Gasteiger partial charge in [-0.3, -0.25) is 4.79 Å². The molecule has 0 bridgehead atoms. The number of carbonyl (C=O) groups is 1. The Hall–Kier alpha value is -0.610. The third-order valence-electron chi connectivity index (χ3n) is 2.55. The van der Waals surface area contributed by atoms with E-state index in [2.05, 4.69) is 6.92 Å². The highest BCUT2D eigenvalue weighted by Crippen LogP contribution is 1.99. The minimum absolute atomic E-state index is 0.0328. The van der Waals surface area contributed by atoms with Crippen molar-refractivity contribution in [1.29, 1.82) is 0 Å². The molecule has 0 aromatic carbocycles. The summed E-state index contributed by atoms with van der Waals surface area (Å²) in [6.45, 7) is 8.57. The molecule has 0 saturated heterocycles. The van der Waals surface area contributed by atoms with Crippen molar-refractivity contribution in [3.63, 3.8) is 0 Å². The van der Waals surface area contributed by atoms with Gasteiger partial charge in [-0.25, -0.2) is 0 Å². The summed E-state index contributed by atoms with van der Waals surface area (Å²) < 4.78 is 15.9. The molecule has 0 aromatic heterocycles. The van der Waals surface area contributed by atoms with Crippen LogP contribution in [0.4, 0.5) is 0 Å². The Kier molecular flexibility index (Phi) is 13.4. The second-order valence-corrected chi connectivity index (χ2v) is 4.93. The van der Waals surface area contributed by atoms with Crippen molar-refractivity contribution in [2.75, 3.05) is 26.4 Å². The Morgan fingerprint density at radius 3 is 2.11 bits per heavy atom. The second-order valence-electron chi connectivity index (χ2n) is 4.93. The summed E-state index contributed by atoms with van der Waals surface area (Å²) in [6, 6.07) is 0. The molecule has 0 amide bonds. The smallest absolute Gasteiger partial charge is 0.306 e. The van der Waals surface area contributed by atoms with Crippen LogP contribution < -0.4 is 0 Å². The maximum atomic E-state index is 11.2. The fraction of sp³-hybridized carbons (Fsp3) is 0.933. The summed E-state index contributed by atoms with van der Waals surface area (Å²) in [5, 5.41) is 0. The summed E-state index contributed by atoms with van der Waals surface area (Å²) in [5.74, 6) is -0.147. The average Bonchev–Trinajstić information content (AvgIpc) is 2.35. The predicted octanol–water partition coefficient (Wildman–Crippen LogP) is 3.33. The Morgan fingerprint density at radius 2 is 1.53 bits per heavy atom. The van der Waals surface area contributed by atoms with Gasteiger partial charge < -0.3 is 14.2 Å². The summed E-state index contributed by atoms with van der Waals surface area (Å²) in [4.78, 5) is 11.2. The largest absolute Gasteiger partial charge is 0.463 e. The van der Waals surface area contributed by atoms with Gasteiger partial charge in [-0.2, -0.15) is 0 Å². The van der Waals surface area contributed by atoms with Crippen LogP contribution in [0.1, 0.15) is 59.3 Å². The van der Waals surface area contributed by atoms with E-state index in [4.69, 9.17) is 14.2 Å². The van der Waals surface area contributed by atoms with Gasteiger partial charge >= 0.3 is 5.97 Å². The molecule has 0 unspecified atom stereocenters. The molecular formula is C15H30O4. The van der Waals surface area contributed by atoms with Crippen molar-refractivity contribution in [2.24, 2.45) is 0 Å². The molecule has 19 heavy (non-hydrogen) atoms. The highest BCUT2D eigenvalue weighted by atomic mass is 16.5. The minimum atomic E-state index is -0.147. The molecule has 0 aliphatic heterocycles. The summed E-state index contributed by atoms with van der Waals surface area (Å²) in [5.41, 5.74) is 0. The van der Waals surface area contributed by atoms with Crippen LogP contribution >= 0.6 is 0 Å². The van der Waals surface area contributed by atoms with E-state index in [1.54, 1.807) is 0 Å². The van der Waals surface area contributed by atoms with Gasteiger partial charge in [-0.05, 0) is 26.7 Å². The first-order chi connectivity index (χ1) is 9.16. The third-order valence-corrected chi connectivity index (χ3v) is 2.55. The quantitative estimate of drug-likeness (QED) is 0.382. The lowest BCUT2D eigenvalue weighted by Crippen LogP contribution is -2.12. The number of carbonyl (C=O) groups excluding carboxylic acids is 1. The number of rotatable bonds is 13. The first-order valence-electron chi connectivity index (χ1n) is 7.51. The van der Waals surface area contributed by atoms with Crippen molar-refractivity contribution in [1.82, 2.24) is 0 Å². The van der Waals surface area contributed by atoms with Crippen LogP contribution in [0, 0.1) is 0 Å². The fourth-order valence-corrected chi connectivity index (χ4v) is 1.59. The third kappa shape index (κ3) is 15.3. The standard InChI is InChI=1S/C15H30O4/c1-4-5-6-7-10-17-12-13-18-11-8-9-15(16)19-14(2)3/h14H,4-13H2,1-3H3. The van der Waals surface area contributed by atoms with E-state index in [-0.39, 0.29) is 12.1 Å². The zero-order chi connectivity index (χ0) is 14.3. The van der Waals surface area contributed by atoms with E-state index >= 15 is 0 Å². The van der Waals surface area contributed by atoms with E-state index < -0.39 is 0 Å². The second kappa shape index (κ2) is 13.8. The Morgan fingerprint density at radius 1 is 0.895 bits per heavy atom. The van der Waals surface area contributed by atoms with Crippen LogP contribution in [0.5, 0.6) is 0 Å². The molecule has 0 rings (SSSR count). The Bertz CT molecular complexity index is 204. The van der Waals surface area contributed by atoms with Crippen LogP contribution in [-0.4, -0.2) is 38.5 Å². The first-order valence-corrected chi connectivity index (χ1v) is 7.51. The highest BCUT2D eigenvalue weighted by Gasteiger charge is 2.04. The molecule has 4 heteroatoms. The predicted molar refractivity (Wildman–Crippen MR) is 76.2 cm³/mol. The molecule has 0 radical (unpaired) electrons. The average molecular weight is 274 g/mol. The van der Waals surface area contributed by atoms with Crippen LogP contribution in [0.3, 0.4) is 0 Å². The molecule has 0 aliphatic carbocycles. The van der Waals surface area contributed by atoms with Crippen molar-refractivity contribution in [3.8, 4) is 0 Å². The number of esters is 1. The number of ether oxygens (including phenoxy) is 3. The fourth-order valence-electron chi connectivity index (χ4n) is 1.59. The SMILES string of the molecule is CCCCCCOCCOCCCC(=O)OC(C)C. The Labute approximate surface area is 117 Å². The molecule has 0 N–H and O–H groups in total. The van der Waals surface area contributed by atoms with Gasteiger partial charge in [0.15, 0.2) is 0 Å². The van der Waals surface area contributed by atoms with E-state index in [1.165, 1.54) is 19.3 Å². The molecule has 114 valence electrons. The number of hydrogen-bond donors (Lipinski definition) is 0. The number of hydrogen-bond acceptors (Lipinski definition) is 4. The lowest BCUT2D eigenvalue weighted by Gasteiger charge is -2.08. The lowest BCUT2D eigenvalue weighted by atomic mass is 10.2. The molecule has 0 atom stereocenters. The number of unbranched alkanes of at least 4 members (excludes halogenated alkanes) is 3. The maximum absolute atomic E-state index is 11.2. The van der Waals surface area contributed by atoms with Crippen LogP contribution in [-0.2, 0) is 19.0 Å². The maximum Gasteiger partial charge on any atom is 0.306 e. The van der Waals surface area contributed by atoms with Gasteiger partial charge in [-0.1, -0.05) is 26.2 Å². The van der Waals surface area contributed by atoms with Gasteiger partial charge in [0.2, 0.25) is 0 Å². The van der Waals surface area contributed by atoms with Gasteiger partial charge in [0.1, 0.15) is 0 Å². The van der Waals surface area contributed by atoms with Crippen LogP contribution in [0.15, 0.2) is 0 Å². The topological polar surface area (TPSA) is 44.8 Å². The molecule has 0 aromatic rings. The summed E-state index contributed by atoms with van der Waals surface area (Å²) in [7, 11) is 0. The Balaban J connectivity index is 3.08. The normalized spacial score (nSPS) is 10.9. The molecule has 0 heterocycles. The summed E-state index contributed by atoms with van der Waals surface area (Å²) >= 11 is 0. The van der Waals surface area contributed by atoms with Crippen LogP contribution in [0.25, 0.3) is 0 Å². The first kappa shape index (κ1) is 18.4. The lowest BCUT2D eigenvalue weighted by molar-refractivity contribution is -0.147. The monoisotopic (exact) mass is 274 g/mol. The molecule has 0 spiro atoms. The van der Waals surface area contributed by atoms with E-state index in [9.17, 15) is 4.79 Å². The molecular weight excluding hydrogens is 244 g/mol. The molecule has 0 saturated carbocycles. The van der Waals surface area contributed by atoms with Gasteiger partial charge in [-0.15, -0.1) is 0 Å². The van der Waals surface area contributed by atoms with Crippen LogP contribution in [0.2, 0.25) is 0 Å². The zero-order valence-corrected chi connectivity index (χ0v) is 12.8. The minimum Gasteiger partial charge on any atom is -0.463 e. The van der Waals surface area contributed by atoms with Crippen molar-refractivity contribution >= 4 is 5.97 Å². The van der Waals surface area contributed by atoms with Gasteiger partial charge in [0, 0.05) is 19.6 Å². The zero-order valence-electron chi connectivity index (χ0n) is 12.8. The molecule has 4 nitrogen and oxygen atoms in total. The van der Waals surface area contributed by atoms with Crippen molar-refractivity contribution < 1.29 is 19.0 Å². The molecule has 0 fully saturated rings. The highest BCUT2D eigenvalue weighted by molar-refractivity contribution is 5.69. The van der Waals surface area contributed by atoms with Crippen molar-refractivity contribution in [2.45, 2.75) is 65.4 Å². The van der Waals surface area contributed by atoms with E-state index in [0.29, 0.717) is 32.7 Å².